The monoisotopic (exact) mass is 1080 g/mol. The van der Waals surface area contributed by atoms with E-state index in [-0.39, 0.29) is 60.7 Å². The second kappa shape index (κ2) is 31.4. The van der Waals surface area contributed by atoms with Gasteiger partial charge >= 0.3 is 0 Å². The van der Waals surface area contributed by atoms with Gasteiger partial charge in [-0.3, -0.25) is 24.5 Å². The van der Waals surface area contributed by atoms with Gasteiger partial charge in [0.25, 0.3) is 14.1 Å². The zero-order valence-corrected chi connectivity index (χ0v) is 48.1. The zero-order valence-electron chi connectivity index (χ0n) is 47.2. The molecule has 0 radical (unpaired) electrons. The Balaban J connectivity index is 1.40. The first-order chi connectivity index (χ1) is 37.4. The van der Waals surface area contributed by atoms with Gasteiger partial charge in [-0.25, -0.2) is 9.65 Å². The summed E-state index contributed by atoms with van der Waals surface area (Å²) >= 11 is 0. The second-order valence-corrected chi connectivity index (χ2v) is 22.2. The summed E-state index contributed by atoms with van der Waals surface area (Å²) in [6, 6.07) is 28.0. The Morgan fingerprint density at radius 1 is 0.779 bits per heavy atom. The van der Waals surface area contributed by atoms with E-state index < -0.39 is 44.2 Å². The molecule has 0 bridgehead atoms. The highest BCUT2D eigenvalue weighted by molar-refractivity contribution is 7.44. The van der Waals surface area contributed by atoms with Crippen molar-refractivity contribution in [3.63, 3.8) is 0 Å². The number of nitrogens with one attached hydrogen (secondary N) is 2. The van der Waals surface area contributed by atoms with Crippen molar-refractivity contribution >= 4 is 31.5 Å². The summed E-state index contributed by atoms with van der Waals surface area (Å²) < 4.78 is 51.0. The number of carbonyl (C=O) groups excluding carboxylic acids is 1. The Morgan fingerprint density at radius 2 is 1.32 bits per heavy atom. The topological polar surface area (TPSA) is 184 Å². The number of nitriles is 1. The summed E-state index contributed by atoms with van der Waals surface area (Å²) in [6.45, 7) is 14.7. The Hall–Kier alpha value is -5.24. The van der Waals surface area contributed by atoms with Gasteiger partial charge in [0.1, 0.15) is 35.4 Å². The molecule has 3 heterocycles. The lowest BCUT2D eigenvalue weighted by Crippen LogP contribution is -2.43. The molecule has 1 aliphatic rings. The van der Waals surface area contributed by atoms with Crippen molar-refractivity contribution in [2.45, 2.75) is 187 Å². The third kappa shape index (κ3) is 16.6. The molecule has 16 nitrogen and oxygen atoms in total. The quantitative estimate of drug-likeness (QED) is 0.0222. The molecule has 0 aliphatic carbocycles. The van der Waals surface area contributed by atoms with Crippen LogP contribution < -0.4 is 20.3 Å². The predicted octanol–water partition coefficient (Wildman–Crippen LogP) is 13.2. The molecular weight excluding hydrogens is 994 g/mol. The average molecular weight is 1080 g/mol. The summed E-state index contributed by atoms with van der Waals surface area (Å²) in [5.41, 5.74) is 1.04. The van der Waals surface area contributed by atoms with E-state index in [9.17, 15) is 14.9 Å². The molecule has 2 unspecified atom stereocenters. The van der Waals surface area contributed by atoms with Crippen LogP contribution in [0.4, 0.5) is 5.95 Å². The highest BCUT2D eigenvalue weighted by Gasteiger charge is 2.52. The molecule has 3 aromatic carbocycles. The number of aromatic nitrogens is 4. The van der Waals surface area contributed by atoms with Gasteiger partial charge < -0.3 is 32.7 Å². The SMILES string of the molecule is CCCCCCCCCCCCCCCCOC1[C@@H](OP(OCCC#N)N(C(C)C)C(C)C)[C@@H](COC(c2ccccc2)(c2ccc(OC)cc2)c2ccc(OC)cc2)O[C@H]1n1cnc2c(=O)[nH]c(NC(=O)C(C)C)nc21. The van der Waals surface area contributed by atoms with Crippen molar-refractivity contribution in [1.82, 2.24) is 24.2 Å². The molecule has 420 valence electrons. The van der Waals surface area contributed by atoms with Crippen LogP contribution in [0.5, 0.6) is 11.5 Å². The van der Waals surface area contributed by atoms with Gasteiger partial charge in [0.2, 0.25) is 11.9 Å². The Morgan fingerprint density at radius 3 is 1.84 bits per heavy atom. The van der Waals surface area contributed by atoms with Crippen LogP contribution in [0, 0.1) is 17.2 Å². The maximum atomic E-state index is 13.7. The van der Waals surface area contributed by atoms with Crippen LogP contribution >= 0.6 is 8.53 Å². The zero-order chi connectivity index (χ0) is 55.2. The molecule has 2 N–H and O–H groups in total. The van der Waals surface area contributed by atoms with Crippen LogP contribution in [0.3, 0.4) is 0 Å². The molecule has 1 aliphatic heterocycles. The fourth-order valence-electron chi connectivity index (χ4n) is 10.00. The standard InChI is InChI=1S/C60H86N7O9P/c1-10-11-12-13-14-15-16-17-18-19-20-21-22-26-39-72-54-53(76-77(74-40-27-38-61)67(44(4)5)45(6)7)51(75-58(54)66-42-62-52-55(66)63-59(65-57(52)69)64-56(68)43(2)3)41-73-60(46-28-24-23-25-29-46,47-30-34-49(70-8)35-31-47)48-32-36-50(71-9)37-33-48/h23-25,28-37,42-45,51,53-54,58H,10-22,26-27,39-41H2,1-9H3,(H2,63,64,65,68,69)/t51-,53+,54?,58-,77?/m1/s1. The van der Waals surface area contributed by atoms with Crippen molar-refractivity contribution in [2.75, 3.05) is 39.4 Å². The molecule has 5 aromatic rings. The number of methoxy groups -OCH3 is 2. The summed E-state index contributed by atoms with van der Waals surface area (Å²) in [5.74, 6) is 0.688. The smallest absolute Gasteiger partial charge is 0.280 e. The average Bonchev–Trinajstić information content (AvgIpc) is 4.01. The molecular formula is C60H86N7O9P. The minimum atomic E-state index is -1.84. The first-order valence-electron chi connectivity index (χ1n) is 28.1. The number of hydrogen-bond acceptors (Lipinski definition) is 13. The lowest BCUT2D eigenvalue weighted by molar-refractivity contribution is -0.118. The number of anilines is 1. The highest BCUT2D eigenvalue weighted by Crippen LogP contribution is 2.51. The number of aromatic amines is 1. The molecule has 77 heavy (non-hydrogen) atoms. The van der Waals surface area contributed by atoms with Gasteiger partial charge in [0, 0.05) is 24.6 Å². The van der Waals surface area contributed by atoms with Crippen LogP contribution in [0.25, 0.3) is 11.2 Å². The number of H-pyrrole nitrogens is 1. The van der Waals surface area contributed by atoms with Gasteiger partial charge in [0.15, 0.2) is 17.4 Å². The number of amides is 1. The number of rotatable bonds is 35. The van der Waals surface area contributed by atoms with Crippen LogP contribution in [-0.2, 0) is 33.7 Å². The van der Waals surface area contributed by atoms with Crippen LogP contribution in [0.1, 0.15) is 168 Å². The van der Waals surface area contributed by atoms with Gasteiger partial charge in [0.05, 0.1) is 46.3 Å². The number of carbonyl (C=O) groups is 1. The Kier molecular flexibility index (Phi) is 24.8. The third-order valence-corrected chi connectivity index (χ3v) is 16.2. The van der Waals surface area contributed by atoms with E-state index in [0.29, 0.717) is 18.1 Å². The molecule has 2 aromatic heterocycles. The number of nitrogens with zero attached hydrogens (tertiary/aromatic N) is 5. The highest BCUT2D eigenvalue weighted by atomic mass is 31.2. The maximum Gasteiger partial charge on any atom is 0.280 e. The summed E-state index contributed by atoms with van der Waals surface area (Å²) in [5, 5.41) is 12.4. The second-order valence-electron chi connectivity index (χ2n) is 20.8. The summed E-state index contributed by atoms with van der Waals surface area (Å²) in [7, 11) is 1.44. The normalized spacial score (nSPS) is 17.2. The molecule has 17 heteroatoms. The number of imidazole rings is 1. The van der Waals surface area contributed by atoms with Crippen LogP contribution in [0.2, 0.25) is 0 Å². The summed E-state index contributed by atoms with van der Waals surface area (Å²) in [4.78, 5) is 38.7. The van der Waals surface area contributed by atoms with E-state index in [1.165, 1.54) is 77.0 Å². The van der Waals surface area contributed by atoms with E-state index in [1.807, 2.05) is 78.9 Å². The van der Waals surface area contributed by atoms with Crippen LogP contribution in [-0.4, -0.2) is 94.5 Å². The molecule has 1 saturated heterocycles. The van der Waals surface area contributed by atoms with E-state index >= 15 is 0 Å². The van der Waals surface area contributed by atoms with Crippen molar-refractivity contribution in [2.24, 2.45) is 5.92 Å². The van der Waals surface area contributed by atoms with E-state index in [1.54, 1.807) is 32.6 Å². The van der Waals surface area contributed by atoms with Crippen molar-refractivity contribution in [1.29, 1.82) is 5.26 Å². The van der Waals surface area contributed by atoms with Crippen molar-refractivity contribution in [3.05, 3.63) is 112 Å². The molecule has 0 saturated carbocycles. The van der Waals surface area contributed by atoms with Gasteiger partial charge in [-0.15, -0.1) is 0 Å². The fourth-order valence-corrected chi connectivity index (χ4v) is 11.8. The number of benzene rings is 3. The maximum absolute atomic E-state index is 13.7. The first kappa shape index (κ1) is 61.0. The van der Waals surface area contributed by atoms with Gasteiger partial charge in [-0.1, -0.05) is 159 Å². The molecule has 6 rings (SSSR count). The Labute approximate surface area is 458 Å². The Bertz CT molecular complexity index is 2550. The number of fused-ring (bicyclic) bond motifs is 1. The van der Waals surface area contributed by atoms with E-state index in [4.69, 9.17) is 37.7 Å². The van der Waals surface area contributed by atoms with Gasteiger partial charge in [-0.05, 0) is 75.1 Å². The largest absolute Gasteiger partial charge is 0.497 e. The van der Waals surface area contributed by atoms with Gasteiger partial charge in [-0.2, -0.15) is 10.2 Å². The first-order valence-corrected chi connectivity index (χ1v) is 29.3. The van der Waals surface area contributed by atoms with E-state index in [0.717, 1.165) is 36.0 Å². The van der Waals surface area contributed by atoms with E-state index in [2.05, 4.69) is 60.6 Å². The fraction of sp³-hybridized carbons (Fsp3) is 0.583. The third-order valence-electron chi connectivity index (χ3n) is 14.1. The lowest BCUT2D eigenvalue weighted by Gasteiger charge is -2.39. The predicted molar refractivity (Wildman–Crippen MR) is 304 cm³/mol. The van der Waals surface area contributed by atoms with Crippen molar-refractivity contribution in [3.8, 4) is 17.6 Å². The number of hydrogen-bond donors (Lipinski definition) is 2. The molecule has 1 fully saturated rings. The van der Waals surface area contributed by atoms with Crippen LogP contribution in [0.15, 0.2) is 90.0 Å². The van der Waals surface area contributed by atoms with Crippen molar-refractivity contribution < 1.29 is 37.5 Å². The lowest BCUT2D eigenvalue weighted by atomic mass is 9.80. The molecule has 1 amide bonds. The minimum absolute atomic E-state index is 0.00482. The number of ether oxygens (including phenoxy) is 5. The molecule has 0 spiro atoms. The molecule has 5 atom stereocenters. The summed E-state index contributed by atoms with van der Waals surface area (Å²) in [6.07, 6.45) is 15.4. The number of unbranched alkanes of at least 4 members (excludes halogenated alkanes) is 13. The minimum Gasteiger partial charge on any atom is -0.497 e.